The van der Waals surface area contributed by atoms with Crippen LogP contribution in [-0.2, 0) is 4.79 Å². The predicted molar refractivity (Wildman–Crippen MR) is 41.0 cm³/mol. The van der Waals surface area contributed by atoms with Gasteiger partial charge in [-0.25, -0.2) is 0 Å². The van der Waals surface area contributed by atoms with Crippen LogP contribution in [0.15, 0.2) is 0 Å². The van der Waals surface area contributed by atoms with Crippen molar-refractivity contribution in [1.29, 1.82) is 0 Å². The van der Waals surface area contributed by atoms with Crippen molar-refractivity contribution in [3.8, 4) is 0 Å². The van der Waals surface area contributed by atoms with Crippen LogP contribution in [0, 0.1) is 0 Å². The highest BCUT2D eigenvalue weighted by Gasteiger charge is 1.91. The SMILES string of the molecule is NCC(=O)NCCI. The Bertz CT molecular complexity index is 76.4. The molecule has 3 N–H and O–H groups in total. The minimum atomic E-state index is -0.0818. The minimum Gasteiger partial charge on any atom is -0.354 e. The molecule has 3 nitrogen and oxygen atoms in total. The van der Waals surface area contributed by atoms with Gasteiger partial charge in [0.2, 0.25) is 5.91 Å². The first-order valence-corrected chi connectivity index (χ1v) is 3.86. The third-order valence-corrected chi connectivity index (χ3v) is 1.14. The molecule has 0 aliphatic carbocycles. The second-order valence-electron chi connectivity index (χ2n) is 1.24. The monoisotopic (exact) mass is 228 g/mol. The van der Waals surface area contributed by atoms with E-state index in [1.807, 2.05) is 0 Å². The highest BCUT2D eigenvalue weighted by molar-refractivity contribution is 14.1. The second-order valence-corrected chi connectivity index (χ2v) is 2.32. The molecule has 0 unspecified atom stereocenters. The van der Waals surface area contributed by atoms with E-state index in [2.05, 4.69) is 27.9 Å². The fourth-order valence-electron chi connectivity index (χ4n) is 0.259. The van der Waals surface area contributed by atoms with Crippen molar-refractivity contribution >= 4 is 28.5 Å². The lowest BCUT2D eigenvalue weighted by Crippen LogP contribution is -2.31. The summed E-state index contributed by atoms with van der Waals surface area (Å²) in [6.07, 6.45) is 0. The fourth-order valence-corrected chi connectivity index (χ4v) is 0.529. The van der Waals surface area contributed by atoms with Gasteiger partial charge in [0.1, 0.15) is 0 Å². The lowest BCUT2D eigenvalue weighted by Gasteiger charge is -1.96. The summed E-state index contributed by atoms with van der Waals surface area (Å²) in [6.45, 7) is 0.813. The van der Waals surface area contributed by atoms with Gasteiger partial charge in [-0.3, -0.25) is 4.79 Å². The number of carbonyl (C=O) groups excluding carboxylic acids is 1. The van der Waals surface area contributed by atoms with E-state index >= 15 is 0 Å². The molecule has 0 saturated carbocycles. The van der Waals surface area contributed by atoms with Gasteiger partial charge in [0.25, 0.3) is 0 Å². The first-order chi connectivity index (χ1) is 3.81. The number of hydrogen-bond donors (Lipinski definition) is 2. The molecule has 0 fully saturated rings. The maximum Gasteiger partial charge on any atom is 0.233 e. The Morgan fingerprint density at radius 1 is 1.75 bits per heavy atom. The lowest BCUT2D eigenvalue weighted by molar-refractivity contribution is -0.119. The third-order valence-electron chi connectivity index (χ3n) is 0.602. The van der Waals surface area contributed by atoms with E-state index in [1.54, 1.807) is 0 Å². The molecule has 0 radical (unpaired) electrons. The number of nitrogens with two attached hydrogens (primary N) is 1. The summed E-state index contributed by atoms with van der Waals surface area (Å²) in [5.74, 6) is -0.0818. The molecule has 0 rings (SSSR count). The Hall–Kier alpha value is 0.160. The van der Waals surface area contributed by atoms with Crippen molar-refractivity contribution in [2.75, 3.05) is 17.5 Å². The molecule has 8 heavy (non-hydrogen) atoms. The van der Waals surface area contributed by atoms with Gasteiger partial charge in [-0.05, 0) is 0 Å². The van der Waals surface area contributed by atoms with E-state index in [4.69, 9.17) is 5.73 Å². The van der Waals surface area contributed by atoms with Gasteiger partial charge >= 0.3 is 0 Å². The van der Waals surface area contributed by atoms with E-state index in [0.29, 0.717) is 0 Å². The number of halogens is 1. The summed E-state index contributed by atoms with van der Waals surface area (Å²) in [6, 6.07) is 0. The zero-order valence-electron chi connectivity index (χ0n) is 4.48. The summed E-state index contributed by atoms with van der Waals surface area (Å²) in [7, 11) is 0. The summed E-state index contributed by atoms with van der Waals surface area (Å²) >= 11 is 2.18. The molecule has 1 amide bonds. The number of hydrogen-bond acceptors (Lipinski definition) is 2. The van der Waals surface area contributed by atoms with Crippen LogP contribution < -0.4 is 11.1 Å². The van der Waals surface area contributed by atoms with Gasteiger partial charge in [-0.15, -0.1) is 0 Å². The molecule has 0 aliphatic rings. The van der Waals surface area contributed by atoms with Gasteiger partial charge in [0.15, 0.2) is 0 Å². The normalized spacial score (nSPS) is 8.75. The molecular formula is C4H9IN2O. The Balaban J connectivity index is 2.99. The van der Waals surface area contributed by atoms with Gasteiger partial charge in [-0.2, -0.15) is 0 Å². The van der Waals surface area contributed by atoms with Crippen LogP contribution in [0.4, 0.5) is 0 Å². The van der Waals surface area contributed by atoms with Gasteiger partial charge < -0.3 is 11.1 Å². The number of rotatable bonds is 3. The molecule has 0 saturated heterocycles. The number of amides is 1. The Morgan fingerprint density at radius 3 is 2.75 bits per heavy atom. The summed E-state index contributed by atoms with van der Waals surface area (Å²) in [5.41, 5.74) is 5.00. The number of nitrogens with one attached hydrogen (secondary N) is 1. The summed E-state index contributed by atoms with van der Waals surface area (Å²) in [5, 5.41) is 2.61. The largest absolute Gasteiger partial charge is 0.354 e. The zero-order valence-corrected chi connectivity index (χ0v) is 6.64. The molecule has 0 aromatic carbocycles. The highest BCUT2D eigenvalue weighted by Crippen LogP contribution is 1.74. The van der Waals surface area contributed by atoms with Gasteiger partial charge in [0, 0.05) is 11.0 Å². The zero-order chi connectivity index (χ0) is 6.41. The van der Waals surface area contributed by atoms with Crippen LogP contribution in [0.1, 0.15) is 0 Å². The summed E-state index contributed by atoms with van der Waals surface area (Å²) in [4.78, 5) is 10.3. The van der Waals surface area contributed by atoms with Crippen molar-refractivity contribution in [3.63, 3.8) is 0 Å². The van der Waals surface area contributed by atoms with E-state index in [-0.39, 0.29) is 12.5 Å². The van der Waals surface area contributed by atoms with Crippen molar-refractivity contribution in [2.45, 2.75) is 0 Å². The fraction of sp³-hybridized carbons (Fsp3) is 0.750. The summed E-state index contributed by atoms with van der Waals surface area (Å²) < 4.78 is 0.934. The Kier molecular flexibility index (Phi) is 5.41. The van der Waals surface area contributed by atoms with Crippen molar-refractivity contribution < 1.29 is 4.79 Å². The minimum absolute atomic E-state index is 0.0818. The molecule has 0 aromatic rings. The average molecular weight is 228 g/mol. The molecule has 0 aliphatic heterocycles. The maximum atomic E-state index is 10.3. The topological polar surface area (TPSA) is 55.1 Å². The smallest absolute Gasteiger partial charge is 0.233 e. The van der Waals surface area contributed by atoms with Crippen LogP contribution in [-0.4, -0.2) is 23.4 Å². The first-order valence-electron chi connectivity index (χ1n) is 2.34. The van der Waals surface area contributed by atoms with E-state index in [9.17, 15) is 4.79 Å². The Labute approximate surface area is 62.1 Å². The molecule has 0 aromatic heterocycles. The lowest BCUT2D eigenvalue weighted by atomic mass is 10.6. The average Bonchev–Trinajstić information content (AvgIpc) is 1.83. The quantitative estimate of drug-likeness (QED) is 0.505. The van der Waals surface area contributed by atoms with E-state index < -0.39 is 0 Å². The van der Waals surface area contributed by atoms with Crippen LogP contribution >= 0.6 is 22.6 Å². The Morgan fingerprint density at radius 2 is 2.38 bits per heavy atom. The van der Waals surface area contributed by atoms with Gasteiger partial charge in [0.05, 0.1) is 6.54 Å². The van der Waals surface area contributed by atoms with Crippen LogP contribution in [0.5, 0.6) is 0 Å². The second kappa shape index (κ2) is 5.30. The molecule has 48 valence electrons. The van der Waals surface area contributed by atoms with Crippen LogP contribution in [0.25, 0.3) is 0 Å². The first kappa shape index (κ1) is 8.16. The molecule has 0 atom stereocenters. The van der Waals surface area contributed by atoms with Crippen molar-refractivity contribution in [1.82, 2.24) is 5.32 Å². The standard InChI is InChI=1S/C4H9IN2O/c5-1-2-7-4(8)3-6/h1-3,6H2,(H,7,8). The highest BCUT2D eigenvalue weighted by atomic mass is 127. The predicted octanol–water partition coefficient (Wildman–Crippen LogP) is -0.504. The number of carbonyl (C=O) groups is 1. The van der Waals surface area contributed by atoms with E-state index in [1.165, 1.54) is 0 Å². The third kappa shape index (κ3) is 4.32. The van der Waals surface area contributed by atoms with Crippen LogP contribution in [0.2, 0.25) is 0 Å². The molecule has 0 heterocycles. The number of alkyl halides is 1. The van der Waals surface area contributed by atoms with Gasteiger partial charge in [-0.1, -0.05) is 22.6 Å². The molecule has 0 spiro atoms. The molecule has 4 heteroatoms. The van der Waals surface area contributed by atoms with E-state index in [0.717, 1.165) is 11.0 Å². The van der Waals surface area contributed by atoms with Crippen molar-refractivity contribution in [3.05, 3.63) is 0 Å². The molecule has 0 bridgehead atoms. The molecular weight excluding hydrogens is 219 g/mol. The maximum absolute atomic E-state index is 10.3. The van der Waals surface area contributed by atoms with Crippen molar-refractivity contribution in [2.24, 2.45) is 5.73 Å². The van der Waals surface area contributed by atoms with Crippen LogP contribution in [0.3, 0.4) is 0 Å².